The first-order valence-corrected chi connectivity index (χ1v) is 7.09. The molecule has 1 aromatic heterocycles. The van der Waals surface area contributed by atoms with Gasteiger partial charge in [0.15, 0.2) is 5.78 Å². The Kier molecular flexibility index (Phi) is 2.61. The summed E-state index contributed by atoms with van der Waals surface area (Å²) < 4.78 is 2.19. The maximum Gasteiger partial charge on any atom is 0.167 e. The van der Waals surface area contributed by atoms with Crippen LogP contribution in [0.2, 0.25) is 0 Å². The van der Waals surface area contributed by atoms with Gasteiger partial charge in [0, 0.05) is 6.42 Å². The molecule has 0 atom stereocenters. The van der Waals surface area contributed by atoms with E-state index >= 15 is 0 Å². The molecule has 0 bridgehead atoms. The SMILES string of the molecule is Cc1nn(C2CCCC2)c2c1C(=O)CC(C)(C)C2. The number of fused-ring (bicyclic) bond motifs is 1. The van der Waals surface area contributed by atoms with E-state index in [4.69, 9.17) is 0 Å². The Labute approximate surface area is 109 Å². The molecule has 3 rings (SSSR count). The first-order chi connectivity index (χ1) is 8.48. The zero-order valence-electron chi connectivity index (χ0n) is 11.6. The molecule has 2 aliphatic carbocycles. The van der Waals surface area contributed by atoms with E-state index in [2.05, 4.69) is 23.6 Å². The highest BCUT2D eigenvalue weighted by Gasteiger charge is 2.36. The predicted octanol–water partition coefficient (Wildman–Crippen LogP) is 3.46. The van der Waals surface area contributed by atoms with Crippen LogP contribution in [0.25, 0.3) is 0 Å². The van der Waals surface area contributed by atoms with Crippen molar-refractivity contribution in [3.05, 3.63) is 17.0 Å². The van der Waals surface area contributed by atoms with E-state index in [-0.39, 0.29) is 5.41 Å². The molecule has 0 radical (unpaired) electrons. The van der Waals surface area contributed by atoms with Crippen LogP contribution in [0, 0.1) is 12.3 Å². The van der Waals surface area contributed by atoms with Gasteiger partial charge >= 0.3 is 0 Å². The zero-order valence-corrected chi connectivity index (χ0v) is 11.6. The minimum Gasteiger partial charge on any atom is -0.294 e. The molecule has 1 fully saturated rings. The lowest BCUT2D eigenvalue weighted by atomic mass is 9.75. The molecule has 3 heteroatoms. The fourth-order valence-electron chi connectivity index (χ4n) is 3.62. The average molecular weight is 246 g/mol. The van der Waals surface area contributed by atoms with Gasteiger partial charge in [0.05, 0.1) is 23.0 Å². The molecule has 0 spiro atoms. The highest BCUT2D eigenvalue weighted by atomic mass is 16.1. The number of ketones is 1. The summed E-state index contributed by atoms with van der Waals surface area (Å²) in [5.41, 5.74) is 3.17. The van der Waals surface area contributed by atoms with Crippen LogP contribution < -0.4 is 0 Å². The zero-order chi connectivity index (χ0) is 12.9. The Morgan fingerprint density at radius 1 is 1.22 bits per heavy atom. The van der Waals surface area contributed by atoms with Gasteiger partial charge in [-0.05, 0) is 31.6 Å². The number of aryl methyl sites for hydroxylation is 1. The number of aromatic nitrogens is 2. The van der Waals surface area contributed by atoms with E-state index < -0.39 is 0 Å². The summed E-state index contributed by atoms with van der Waals surface area (Å²) in [6.45, 7) is 6.37. The number of Topliss-reactive ketones (excluding diaryl/α,β-unsaturated/α-hetero) is 1. The molecular weight excluding hydrogens is 224 g/mol. The normalized spacial score (nSPS) is 23.4. The van der Waals surface area contributed by atoms with E-state index in [1.807, 2.05) is 6.92 Å². The minimum atomic E-state index is 0.0902. The predicted molar refractivity (Wildman–Crippen MR) is 70.9 cm³/mol. The van der Waals surface area contributed by atoms with Crippen molar-refractivity contribution in [1.82, 2.24) is 9.78 Å². The molecule has 18 heavy (non-hydrogen) atoms. The van der Waals surface area contributed by atoms with E-state index in [1.54, 1.807) is 0 Å². The van der Waals surface area contributed by atoms with Crippen molar-refractivity contribution in [2.75, 3.05) is 0 Å². The van der Waals surface area contributed by atoms with Crippen LogP contribution in [0.5, 0.6) is 0 Å². The number of carbonyl (C=O) groups is 1. The lowest BCUT2D eigenvalue weighted by molar-refractivity contribution is 0.0908. The van der Waals surface area contributed by atoms with E-state index in [0.29, 0.717) is 18.2 Å². The highest BCUT2D eigenvalue weighted by molar-refractivity contribution is 5.99. The fraction of sp³-hybridized carbons (Fsp3) is 0.733. The molecule has 3 nitrogen and oxygen atoms in total. The van der Waals surface area contributed by atoms with Gasteiger partial charge in [-0.1, -0.05) is 26.7 Å². The van der Waals surface area contributed by atoms with Crippen molar-refractivity contribution in [2.45, 2.75) is 65.3 Å². The molecule has 0 N–H and O–H groups in total. The monoisotopic (exact) mass is 246 g/mol. The maximum atomic E-state index is 12.3. The first-order valence-electron chi connectivity index (χ1n) is 7.09. The molecule has 1 aromatic rings. The van der Waals surface area contributed by atoms with Gasteiger partial charge in [-0.2, -0.15) is 5.10 Å². The number of carbonyl (C=O) groups excluding carboxylic acids is 1. The minimum absolute atomic E-state index is 0.0902. The van der Waals surface area contributed by atoms with Crippen LogP contribution in [-0.4, -0.2) is 15.6 Å². The summed E-state index contributed by atoms with van der Waals surface area (Å²) in [5, 5.41) is 4.69. The lowest BCUT2D eigenvalue weighted by Gasteiger charge is -2.30. The van der Waals surface area contributed by atoms with Crippen LogP contribution in [0.4, 0.5) is 0 Å². The Bertz CT molecular complexity index is 493. The Hall–Kier alpha value is -1.12. The molecule has 0 amide bonds. The standard InChI is InChI=1S/C15H22N2O/c1-10-14-12(8-15(2,3)9-13(14)18)17(16-10)11-6-4-5-7-11/h11H,4-9H2,1-3H3. The van der Waals surface area contributed by atoms with Crippen LogP contribution in [0.1, 0.15) is 73.7 Å². The second-order valence-corrected chi connectivity index (χ2v) is 6.73. The smallest absolute Gasteiger partial charge is 0.167 e. The second kappa shape index (κ2) is 3.94. The van der Waals surface area contributed by atoms with Crippen molar-refractivity contribution in [1.29, 1.82) is 0 Å². The van der Waals surface area contributed by atoms with E-state index in [1.165, 1.54) is 31.4 Å². The first kappa shape index (κ1) is 11.9. The lowest BCUT2D eigenvalue weighted by Crippen LogP contribution is -2.29. The fourth-order valence-corrected chi connectivity index (χ4v) is 3.62. The molecule has 1 heterocycles. The molecule has 0 saturated heterocycles. The van der Waals surface area contributed by atoms with Gasteiger partial charge in [-0.15, -0.1) is 0 Å². The number of nitrogens with zero attached hydrogens (tertiary/aromatic N) is 2. The largest absolute Gasteiger partial charge is 0.294 e. The average Bonchev–Trinajstić information content (AvgIpc) is 2.83. The van der Waals surface area contributed by atoms with Gasteiger partial charge in [0.1, 0.15) is 0 Å². The summed E-state index contributed by atoms with van der Waals surface area (Å²) in [6, 6.07) is 0.536. The number of hydrogen-bond acceptors (Lipinski definition) is 2. The summed E-state index contributed by atoms with van der Waals surface area (Å²) in [4.78, 5) is 12.3. The topological polar surface area (TPSA) is 34.9 Å². The Morgan fingerprint density at radius 2 is 1.89 bits per heavy atom. The van der Waals surface area contributed by atoms with Crippen LogP contribution >= 0.6 is 0 Å². The molecule has 2 aliphatic rings. The third-order valence-electron chi connectivity index (χ3n) is 4.42. The molecule has 98 valence electrons. The summed E-state index contributed by atoms with van der Waals surface area (Å²) in [5.74, 6) is 0.294. The van der Waals surface area contributed by atoms with Crippen molar-refractivity contribution in [2.24, 2.45) is 5.41 Å². The third kappa shape index (κ3) is 1.80. The quantitative estimate of drug-likeness (QED) is 0.760. The molecule has 0 aromatic carbocycles. The number of hydrogen-bond donors (Lipinski definition) is 0. The Morgan fingerprint density at radius 3 is 2.56 bits per heavy atom. The molecule has 1 saturated carbocycles. The third-order valence-corrected chi connectivity index (χ3v) is 4.42. The van der Waals surface area contributed by atoms with Gasteiger partial charge in [0.2, 0.25) is 0 Å². The van der Waals surface area contributed by atoms with E-state index in [0.717, 1.165) is 17.7 Å². The van der Waals surface area contributed by atoms with Crippen molar-refractivity contribution >= 4 is 5.78 Å². The van der Waals surface area contributed by atoms with Crippen molar-refractivity contribution < 1.29 is 4.79 Å². The highest BCUT2D eigenvalue weighted by Crippen LogP contribution is 2.39. The van der Waals surface area contributed by atoms with Gasteiger partial charge < -0.3 is 0 Å². The second-order valence-electron chi connectivity index (χ2n) is 6.73. The summed E-state index contributed by atoms with van der Waals surface area (Å²) in [7, 11) is 0. The van der Waals surface area contributed by atoms with Crippen LogP contribution in [0.15, 0.2) is 0 Å². The van der Waals surface area contributed by atoms with Crippen molar-refractivity contribution in [3.63, 3.8) is 0 Å². The van der Waals surface area contributed by atoms with E-state index in [9.17, 15) is 4.79 Å². The molecular formula is C15H22N2O. The van der Waals surface area contributed by atoms with Gasteiger partial charge in [0.25, 0.3) is 0 Å². The van der Waals surface area contributed by atoms with Gasteiger partial charge in [-0.3, -0.25) is 9.48 Å². The van der Waals surface area contributed by atoms with Crippen LogP contribution in [0.3, 0.4) is 0 Å². The van der Waals surface area contributed by atoms with Crippen LogP contribution in [-0.2, 0) is 6.42 Å². The van der Waals surface area contributed by atoms with Gasteiger partial charge in [-0.25, -0.2) is 0 Å². The summed E-state index contributed by atoms with van der Waals surface area (Å²) in [6.07, 6.45) is 6.71. The Balaban J connectivity index is 2.08. The summed E-state index contributed by atoms with van der Waals surface area (Å²) >= 11 is 0. The molecule has 0 unspecified atom stereocenters. The number of rotatable bonds is 1. The molecule has 0 aliphatic heterocycles. The van der Waals surface area contributed by atoms with Crippen molar-refractivity contribution in [3.8, 4) is 0 Å². The maximum absolute atomic E-state index is 12.3.